The Morgan fingerprint density at radius 3 is 0.863 bits per heavy atom. The van der Waals surface area contributed by atoms with Crippen LogP contribution in [0.3, 0.4) is 0 Å². The Morgan fingerprint density at radius 2 is 0.487 bits per heavy atom. The third-order valence-corrected chi connectivity index (χ3v) is 15.6. The van der Waals surface area contributed by atoms with E-state index in [1.807, 2.05) is 0 Å². The first kappa shape index (κ1) is 47.9. The predicted molar refractivity (Wildman–Crippen MR) is 345 cm³/mol. The van der Waals surface area contributed by atoms with Gasteiger partial charge >= 0.3 is 0 Å². The van der Waals surface area contributed by atoms with Crippen molar-refractivity contribution in [3.8, 4) is 22.3 Å². The van der Waals surface area contributed by atoms with E-state index in [0.29, 0.717) is 0 Å². The first-order chi connectivity index (χ1) is 39.7. The lowest BCUT2D eigenvalue weighted by molar-refractivity contribution is 1.30. The Labute approximate surface area is 467 Å². The number of fused-ring (bicyclic) bond motifs is 5. The molecule has 0 spiro atoms. The van der Waals surface area contributed by atoms with E-state index in [1.54, 1.807) is 0 Å². The van der Waals surface area contributed by atoms with Crippen molar-refractivity contribution >= 4 is 112 Å². The van der Waals surface area contributed by atoms with Crippen molar-refractivity contribution in [2.75, 3.05) is 9.80 Å². The molecule has 376 valence electrons. The number of hydrogen-bond acceptors (Lipinski definition) is 2. The third-order valence-electron chi connectivity index (χ3n) is 15.6. The summed E-state index contributed by atoms with van der Waals surface area (Å²) in [4.78, 5) is 4.80. The normalized spacial score (nSPS) is 11.7. The highest BCUT2D eigenvalue weighted by molar-refractivity contribution is 6.26. The number of nitrogens with zero attached hydrogens (tertiary/aromatic N) is 2. The maximum Gasteiger partial charge on any atom is 0.0540 e. The molecule has 0 heterocycles. The van der Waals surface area contributed by atoms with Gasteiger partial charge in [0.2, 0.25) is 0 Å². The van der Waals surface area contributed by atoms with Gasteiger partial charge in [0.1, 0.15) is 0 Å². The minimum atomic E-state index is 1.09. The molecule has 0 aliphatic rings. The molecule has 14 rings (SSSR count). The number of rotatable bonds is 12. The van der Waals surface area contributed by atoms with Gasteiger partial charge in [-0.2, -0.15) is 0 Å². The van der Waals surface area contributed by atoms with E-state index >= 15 is 0 Å². The monoisotopic (exact) mass is 1020 g/mol. The van der Waals surface area contributed by atoms with E-state index in [1.165, 1.54) is 87.2 Å². The fourth-order valence-corrected chi connectivity index (χ4v) is 11.8. The van der Waals surface area contributed by atoms with Gasteiger partial charge in [-0.05, 0) is 160 Å². The maximum atomic E-state index is 2.44. The zero-order valence-corrected chi connectivity index (χ0v) is 44.1. The average molecular weight is 1020 g/mol. The summed E-state index contributed by atoms with van der Waals surface area (Å²) in [5.74, 6) is 0. The highest BCUT2D eigenvalue weighted by Crippen LogP contribution is 2.50. The molecule has 0 amide bonds. The van der Waals surface area contributed by atoms with Gasteiger partial charge in [0.05, 0.1) is 11.4 Å². The summed E-state index contributed by atoms with van der Waals surface area (Å²) in [6, 6.07) is 110. The molecule has 0 unspecified atom stereocenters. The fraction of sp³-hybridized carbons (Fsp3) is 0. The second kappa shape index (κ2) is 21.1. The van der Waals surface area contributed by atoms with Crippen LogP contribution in [0.15, 0.2) is 303 Å². The molecule has 14 aromatic rings. The minimum absolute atomic E-state index is 1.09. The largest absolute Gasteiger partial charge is 0.310 e. The molecule has 0 saturated heterocycles. The standard InChI is InChI=1S/C78H54N2/c1-5-21-55(22-6-1)37-39-57-41-45-63(46-42-57)79(61-27-9-3-10-28-61)75-51-49-71(67-33-17-19-35-69(67)75)77-65-31-15-13-25-59(65)54-74-73(77)53-60-26-14-16-32-66(60)78(74)72-50-52-76(70-36-20-18-34-68(70)72)80(62-29-11-4-12-30-62)64-47-43-58(44-48-64)40-38-56-23-7-2-8-24-56/h1-54H. The fourth-order valence-electron chi connectivity index (χ4n) is 11.8. The van der Waals surface area contributed by atoms with Crippen molar-refractivity contribution in [3.63, 3.8) is 0 Å². The summed E-state index contributed by atoms with van der Waals surface area (Å²) in [6.07, 6.45) is 8.71. The van der Waals surface area contributed by atoms with E-state index in [2.05, 4.69) is 337 Å². The van der Waals surface area contributed by atoms with Crippen molar-refractivity contribution in [1.82, 2.24) is 0 Å². The van der Waals surface area contributed by atoms with Crippen LogP contribution >= 0.6 is 0 Å². The van der Waals surface area contributed by atoms with Crippen LogP contribution in [0.4, 0.5) is 34.1 Å². The summed E-state index contributed by atoms with van der Waals surface area (Å²) < 4.78 is 0. The van der Waals surface area contributed by atoms with Crippen LogP contribution in [0.5, 0.6) is 0 Å². The van der Waals surface area contributed by atoms with Gasteiger partial charge in [0.15, 0.2) is 0 Å². The van der Waals surface area contributed by atoms with Crippen molar-refractivity contribution in [3.05, 3.63) is 326 Å². The summed E-state index contributed by atoms with van der Waals surface area (Å²) in [6.45, 7) is 0. The average Bonchev–Trinajstić information content (AvgIpc) is 3.70. The van der Waals surface area contributed by atoms with Crippen molar-refractivity contribution in [2.45, 2.75) is 0 Å². The first-order valence-electron chi connectivity index (χ1n) is 27.5. The van der Waals surface area contributed by atoms with Crippen molar-refractivity contribution in [1.29, 1.82) is 0 Å². The minimum Gasteiger partial charge on any atom is -0.310 e. The van der Waals surface area contributed by atoms with Gasteiger partial charge in [0.25, 0.3) is 0 Å². The Hall–Kier alpha value is -10.5. The lowest BCUT2D eigenvalue weighted by Gasteiger charge is -2.28. The van der Waals surface area contributed by atoms with E-state index in [9.17, 15) is 0 Å². The Morgan fingerprint density at radius 1 is 0.200 bits per heavy atom. The Bertz CT molecular complexity index is 4310. The van der Waals surface area contributed by atoms with Gasteiger partial charge in [0, 0.05) is 33.5 Å². The topological polar surface area (TPSA) is 6.48 Å². The van der Waals surface area contributed by atoms with Gasteiger partial charge in [-0.1, -0.05) is 255 Å². The van der Waals surface area contributed by atoms with E-state index in [4.69, 9.17) is 0 Å². The van der Waals surface area contributed by atoms with Crippen LogP contribution < -0.4 is 9.80 Å². The van der Waals surface area contributed by atoms with Gasteiger partial charge < -0.3 is 9.80 Å². The molecule has 2 heteroatoms. The summed E-state index contributed by atoms with van der Waals surface area (Å²) in [5.41, 5.74) is 16.1. The van der Waals surface area contributed by atoms with Crippen LogP contribution in [0, 0.1) is 0 Å². The van der Waals surface area contributed by atoms with Crippen LogP contribution in [-0.4, -0.2) is 0 Å². The van der Waals surface area contributed by atoms with Gasteiger partial charge in [-0.3, -0.25) is 0 Å². The molecule has 0 bridgehead atoms. The number of hydrogen-bond donors (Lipinski definition) is 0. The Balaban J connectivity index is 0.941. The highest BCUT2D eigenvalue weighted by atomic mass is 15.1. The lowest BCUT2D eigenvalue weighted by atomic mass is 9.83. The van der Waals surface area contributed by atoms with Crippen LogP contribution in [0.2, 0.25) is 0 Å². The Kier molecular flexibility index (Phi) is 12.6. The SMILES string of the molecule is C(=Cc1ccc(N(c2ccccc2)c2ccc(-c3c4ccccc4cc4c(-c5ccc(N(c6ccccc6)c6ccc(C=Cc7ccccc7)cc6)c6ccccc56)c5ccccc5cc34)c3ccccc23)cc1)c1ccccc1. The maximum absolute atomic E-state index is 2.44. The van der Waals surface area contributed by atoms with Crippen LogP contribution in [0.1, 0.15) is 22.3 Å². The quantitative estimate of drug-likeness (QED) is 0.0889. The molecule has 0 radical (unpaired) electrons. The lowest BCUT2D eigenvalue weighted by Crippen LogP contribution is -2.10. The molecule has 0 aliphatic heterocycles. The number of para-hydroxylation sites is 2. The molecule has 0 fully saturated rings. The second-order valence-corrected chi connectivity index (χ2v) is 20.4. The number of anilines is 6. The molecule has 14 aromatic carbocycles. The summed E-state index contributed by atoms with van der Waals surface area (Å²) in [7, 11) is 0. The van der Waals surface area contributed by atoms with E-state index < -0.39 is 0 Å². The van der Waals surface area contributed by atoms with Crippen LogP contribution in [-0.2, 0) is 0 Å². The summed E-state index contributed by atoms with van der Waals surface area (Å²) >= 11 is 0. The van der Waals surface area contributed by atoms with Crippen molar-refractivity contribution in [2.24, 2.45) is 0 Å². The summed E-state index contributed by atoms with van der Waals surface area (Å²) in [5, 5.41) is 12.0. The van der Waals surface area contributed by atoms with Crippen molar-refractivity contribution < 1.29 is 0 Å². The van der Waals surface area contributed by atoms with Crippen LogP contribution in [0.25, 0.3) is 100 Å². The zero-order chi connectivity index (χ0) is 53.2. The van der Waals surface area contributed by atoms with Gasteiger partial charge in [-0.25, -0.2) is 0 Å². The molecular weight excluding hydrogens is 965 g/mol. The smallest absolute Gasteiger partial charge is 0.0540 e. The first-order valence-corrected chi connectivity index (χ1v) is 27.5. The molecule has 80 heavy (non-hydrogen) atoms. The molecule has 0 atom stereocenters. The molecular formula is C78H54N2. The van der Waals surface area contributed by atoms with E-state index in [0.717, 1.165) is 45.3 Å². The molecule has 2 nitrogen and oxygen atoms in total. The molecule has 0 saturated carbocycles. The molecule has 0 N–H and O–H groups in total. The number of benzene rings is 14. The van der Waals surface area contributed by atoms with Gasteiger partial charge in [-0.15, -0.1) is 0 Å². The highest BCUT2D eigenvalue weighted by Gasteiger charge is 2.24. The second-order valence-electron chi connectivity index (χ2n) is 20.4. The van der Waals surface area contributed by atoms with E-state index in [-0.39, 0.29) is 0 Å². The predicted octanol–water partition coefficient (Wildman–Crippen LogP) is 22.1. The third kappa shape index (κ3) is 9.05. The zero-order valence-electron chi connectivity index (χ0n) is 44.1. The molecule has 0 aliphatic carbocycles. The molecule has 0 aromatic heterocycles.